The zero-order valence-electron chi connectivity index (χ0n) is 27.6. The van der Waals surface area contributed by atoms with E-state index >= 15 is 0 Å². The molecular weight excluding hydrogens is 582 g/mol. The molecule has 248 valence electrons. The van der Waals surface area contributed by atoms with Crippen molar-refractivity contribution < 1.29 is 28.5 Å². The number of fused-ring (bicyclic) bond motifs is 1. The van der Waals surface area contributed by atoms with Crippen molar-refractivity contribution in [2.45, 2.75) is 84.3 Å². The number of imidazole rings is 1. The van der Waals surface area contributed by atoms with Gasteiger partial charge >= 0.3 is 11.7 Å². The summed E-state index contributed by atoms with van der Waals surface area (Å²) >= 11 is 0. The molecule has 0 saturated heterocycles. The first-order chi connectivity index (χ1) is 21.5. The fraction of sp³-hybridized carbons (Fsp3) is 0.594. The molecule has 0 aliphatic rings. The normalized spacial score (nSPS) is 11.8. The van der Waals surface area contributed by atoms with Crippen LogP contribution in [0.3, 0.4) is 0 Å². The number of unbranched alkanes of at least 4 members (excludes halogenated alkanes) is 6. The summed E-state index contributed by atoms with van der Waals surface area (Å²) in [4.78, 5) is 57.0. The molecular formula is C32H47N5O8. The van der Waals surface area contributed by atoms with E-state index < -0.39 is 17.4 Å². The van der Waals surface area contributed by atoms with Crippen molar-refractivity contribution in [1.29, 1.82) is 0 Å². The third-order valence-corrected chi connectivity index (χ3v) is 7.95. The van der Waals surface area contributed by atoms with E-state index in [0.29, 0.717) is 41.4 Å². The molecule has 3 aromatic rings. The molecule has 0 saturated carbocycles. The number of nitrogens with zero attached hydrogens (tertiary/aromatic N) is 4. The molecule has 1 aromatic carbocycles. The number of aromatic nitrogens is 4. The summed E-state index contributed by atoms with van der Waals surface area (Å²) in [5.41, 5.74) is 0.727. The summed E-state index contributed by atoms with van der Waals surface area (Å²) in [7, 11) is 8.02. The first-order valence-electron chi connectivity index (χ1n) is 15.4. The van der Waals surface area contributed by atoms with E-state index in [9.17, 15) is 19.2 Å². The van der Waals surface area contributed by atoms with E-state index in [1.807, 2.05) is 0 Å². The monoisotopic (exact) mass is 629 g/mol. The molecule has 2 heterocycles. The summed E-state index contributed by atoms with van der Waals surface area (Å²) in [5.74, 6) is 1.77. The molecule has 1 atom stereocenters. The largest absolute Gasteiger partial charge is 0.493 e. The number of benzene rings is 1. The highest BCUT2D eigenvalue weighted by molar-refractivity contribution is 5.73. The number of nitrogens with one attached hydrogen (secondary N) is 1. The van der Waals surface area contributed by atoms with Crippen LogP contribution in [0.15, 0.2) is 21.7 Å². The lowest BCUT2D eigenvalue weighted by Gasteiger charge is -2.27. The first-order valence-corrected chi connectivity index (χ1v) is 15.4. The Labute approximate surface area is 263 Å². The van der Waals surface area contributed by atoms with E-state index in [-0.39, 0.29) is 18.4 Å². The van der Waals surface area contributed by atoms with Gasteiger partial charge in [0.05, 0.1) is 27.9 Å². The number of esters is 1. The fourth-order valence-corrected chi connectivity index (χ4v) is 5.54. The number of H-pyrrole nitrogens is 1. The number of hydrogen-bond acceptors (Lipinski definition) is 9. The minimum Gasteiger partial charge on any atom is -0.493 e. The lowest BCUT2D eigenvalue weighted by atomic mass is 10.0. The van der Waals surface area contributed by atoms with Gasteiger partial charge in [-0.3, -0.25) is 23.9 Å². The van der Waals surface area contributed by atoms with E-state index in [1.54, 1.807) is 49.9 Å². The van der Waals surface area contributed by atoms with Gasteiger partial charge in [0.25, 0.3) is 5.56 Å². The first kappa shape index (κ1) is 35.2. The Morgan fingerprint density at radius 3 is 2.04 bits per heavy atom. The Kier molecular flexibility index (Phi) is 13.1. The number of carbonyl (C=O) groups is 2. The zero-order chi connectivity index (χ0) is 33.1. The highest BCUT2D eigenvalue weighted by atomic mass is 16.5. The van der Waals surface area contributed by atoms with Crippen molar-refractivity contribution in [3.8, 4) is 17.2 Å². The molecule has 45 heavy (non-hydrogen) atoms. The number of rotatable bonds is 18. The van der Waals surface area contributed by atoms with Gasteiger partial charge in [-0.05, 0) is 37.0 Å². The topological polar surface area (TPSA) is 147 Å². The highest BCUT2D eigenvalue weighted by Gasteiger charge is 2.21. The molecule has 2 aromatic heterocycles. The Bertz CT molecular complexity index is 1550. The van der Waals surface area contributed by atoms with Gasteiger partial charge in [-0.2, -0.15) is 0 Å². The van der Waals surface area contributed by atoms with E-state index in [1.165, 1.54) is 25.5 Å². The molecule has 1 unspecified atom stereocenters. The van der Waals surface area contributed by atoms with Crippen molar-refractivity contribution in [3.63, 3.8) is 0 Å². The molecule has 0 aliphatic carbocycles. The second-order valence-corrected chi connectivity index (χ2v) is 11.3. The van der Waals surface area contributed by atoms with Crippen LogP contribution in [-0.2, 0) is 41.4 Å². The van der Waals surface area contributed by atoms with Gasteiger partial charge in [0.15, 0.2) is 22.7 Å². The molecule has 0 spiro atoms. The lowest BCUT2D eigenvalue weighted by molar-refractivity contribution is -0.150. The van der Waals surface area contributed by atoms with Gasteiger partial charge in [0.2, 0.25) is 11.7 Å². The average Bonchev–Trinajstić information content (AvgIpc) is 3.33. The van der Waals surface area contributed by atoms with Crippen LogP contribution in [0.1, 0.15) is 76.6 Å². The molecule has 13 heteroatoms. The van der Waals surface area contributed by atoms with Crippen molar-refractivity contribution in [3.05, 3.63) is 44.4 Å². The summed E-state index contributed by atoms with van der Waals surface area (Å²) in [6.45, 7) is 3.47. The Morgan fingerprint density at radius 2 is 1.49 bits per heavy atom. The molecule has 3 rings (SSSR count). The minimum absolute atomic E-state index is 0.129. The maximum absolute atomic E-state index is 12.6. The second kappa shape index (κ2) is 16.7. The van der Waals surface area contributed by atoms with Gasteiger partial charge in [-0.1, -0.05) is 32.1 Å². The van der Waals surface area contributed by atoms with Crippen molar-refractivity contribution >= 4 is 23.0 Å². The molecule has 1 N–H and O–H groups in total. The number of methoxy groups -OCH3 is 3. The van der Waals surface area contributed by atoms with Crippen LogP contribution in [0.2, 0.25) is 0 Å². The maximum Gasteiger partial charge on any atom is 0.329 e. The number of carbonyl (C=O) groups excluding carboxylic acids is 2. The fourth-order valence-electron chi connectivity index (χ4n) is 5.54. The third kappa shape index (κ3) is 9.35. The predicted octanol–water partition coefficient (Wildman–Crippen LogP) is 3.63. The van der Waals surface area contributed by atoms with Crippen LogP contribution >= 0.6 is 0 Å². The lowest BCUT2D eigenvalue weighted by Crippen LogP contribution is -2.37. The molecule has 1 amide bonds. The van der Waals surface area contributed by atoms with Crippen LogP contribution in [0, 0.1) is 0 Å². The van der Waals surface area contributed by atoms with E-state index in [4.69, 9.17) is 18.9 Å². The van der Waals surface area contributed by atoms with Gasteiger partial charge in [0, 0.05) is 40.9 Å². The highest BCUT2D eigenvalue weighted by Crippen LogP contribution is 2.38. The molecule has 0 aliphatic heterocycles. The molecule has 0 radical (unpaired) electrons. The Balaban J connectivity index is 1.45. The number of hydrogen-bond donors (Lipinski definition) is 1. The number of aryl methyl sites for hydroxylation is 3. The number of ether oxygens (including phenoxy) is 4. The average molecular weight is 630 g/mol. The number of aromatic amines is 1. The SMILES string of the molecule is COc1cc(CN(CC(CCCCCCCCCc2nc3c(c(=O)[nH]c(=O)n3C)n2C)OC(C)=O)C(C)=O)cc(OC)c1OC. The van der Waals surface area contributed by atoms with Gasteiger partial charge in [0.1, 0.15) is 11.9 Å². The predicted molar refractivity (Wildman–Crippen MR) is 170 cm³/mol. The maximum atomic E-state index is 12.6. The molecule has 0 bridgehead atoms. The van der Waals surface area contributed by atoms with Crippen LogP contribution in [0.4, 0.5) is 0 Å². The van der Waals surface area contributed by atoms with Gasteiger partial charge in [-0.25, -0.2) is 9.78 Å². The summed E-state index contributed by atoms with van der Waals surface area (Å²) < 4.78 is 25.0. The van der Waals surface area contributed by atoms with E-state index in [0.717, 1.165) is 62.8 Å². The van der Waals surface area contributed by atoms with Crippen molar-refractivity contribution in [2.75, 3.05) is 27.9 Å². The Morgan fingerprint density at radius 1 is 0.889 bits per heavy atom. The van der Waals surface area contributed by atoms with Crippen molar-refractivity contribution in [1.82, 2.24) is 24.0 Å². The van der Waals surface area contributed by atoms with Crippen LogP contribution in [-0.4, -0.2) is 69.9 Å². The smallest absolute Gasteiger partial charge is 0.329 e. The minimum atomic E-state index is -0.469. The second-order valence-electron chi connectivity index (χ2n) is 11.3. The third-order valence-electron chi connectivity index (χ3n) is 7.95. The molecule has 13 nitrogen and oxygen atoms in total. The molecule has 0 fully saturated rings. The quantitative estimate of drug-likeness (QED) is 0.165. The van der Waals surface area contributed by atoms with Gasteiger partial charge in [-0.15, -0.1) is 0 Å². The summed E-state index contributed by atoms with van der Waals surface area (Å²) in [6, 6.07) is 3.61. The number of amides is 1. The van der Waals surface area contributed by atoms with E-state index in [2.05, 4.69) is 9.97 Å². The standard InChI is InChI=1S/C32H47N5O8/c1-21(38)37(19-23-17-25(42-5)29(44-7)26(18-23)43-6)20-24(45-22(2)39)15-13-11-9-8-10-12-14-16-27-33-30-28(35(27)3)31(40)34-32(41)36(30)4/h17-18,24H,8-16,19-20H2,1-7H3,(H,34,40,41). The van der Waals surface area contributed by atoms with Crippen LogP contribution < -0.4 is 25.5 Å². The Hall–Kier alpha value is -4.29. The van der Waals surface area contributed by atoms with Crippen LogP contribution in [0.25, 0.3) is 11.2 Å². The van der Waals surface area contributed by atoms with Crippen LogP contribution in [0.5, 0.6) is 17.2 Å². The summed E-state index contributed by atoms with van der Waals surface area (Å²) in [6.07, 6.45) is 8.02. The van der Waals surface area contributed by atoms with Gasteiger partial charge < -0.3 is 28.4 Å². The van der Waals surface area contributed by atoms with Crippen molar-refractivity contribution in [2.24, 2.45) is 14.1 Å². The zero-order valence-corrected chi connectivity index (χ0v) is 27.6. The summed E-state index contributed by atoms with van der Waals surface area (Å²) in [5, 5.41) is 0.